The summed E-state index contributed by atoms with van der Waals surface area (Å²) < 4.78 is 5.47. The molecule has 3 rings (SSSR count). The van der Waals surface area contributed by atoms with Crippen molar-refractivity contribution in [2.24, 2.45) is 10.9 Å². The zero-order valence-electron chi connectivity index (χ0n) is 18.1. The third-order valence-electron chi connectivity index (χ3n) is 5.45. The van der Waals surface area contributed by atoms with Gasteiger partial charge in [-0.15, -0.1) is 24.0 Å². The number of aliphatic imine (C=N–C) groups is 1. The first kappa shape index (κ1) is 24.6. The molecule has 1 aromatic heterocycles. The Balaban J connectivity index is 0.00000320. The Kier molecular flexibility index (Phi) is 10.6. The van der Waals surface area contributed by atoms with Gasteiger partial charge in [0.1, 0.15) is 5.82 Å². The number of ether oxygens (including phenoxy) is 1. The van der Waals surface area contributed by atoms with Crippen molar-refractivity contribution in [2.45, 2.75) is 19.8 Å². The van der Waals surface area contributed by atoms with Crippen LogP contribution in [0.5, 0.6) is 0 Å². The molecule has 0 radical (unpaired) electrons. The van der Waals surface area contributed by atoms with Gasteiger partial charge in [0.05, 0.1) is 13.2 Å². The normalized spacial score (nSPS) is 19.4. The lowest BCUT2D eigenvalue weighted by atomic mass is 10.1. The predicted molar refractivity (Wildman–Crippen MR) is 131 cm³/mol. The van der Waals surface area contributed by atoms with Gasteiger partial charge in [0, 0.05) is 71.5 Å². The van der Waals surface area contributed by atoms with E-state index in [2.05, 4.69) is 39.1 Å². The number of hydrogen-bond acceptors (Lipinski definition) is 5. The summed E-state index contributed by atoms with van der Waals surface area (Å²) in [6, 6.07) is 5.93. The Morgan fingerprint density at radius 3 is 2.77 bits per heavy atom. The van der Waals surface area contributed by atoms with E-state index in [4.69, 9.17) is 4.74 Å². The van der Waals surface area contributed by atoms with Crippen LogP contribution in [-0.2, 0) is 9.53 Å². The first-order valence-electron chi connectivity index (χ1n) is 10.7. The van der Waals surface area contributed by atoms with Crippen molar-refractivity contribution in [3.8, 4) is 0 Å². The molecule has 30 heavy (non-hydrogen) atoms. The Bertz CT molecular complexity index is 661. The summed E-state index contributed by atoms with van der Waals surface area (Å²) in [6.07, 6.45) is 3.36. The van der Waals surface area contributed by atoms with E-state index in [9.17, 15) is 4.79 Å². The second kappa shape index (κ2) is 12.9. The van der Waals surface area contributed by atoms with E-state index in [0.29, 0.717) is 18.9 Å². The number of rotatable bonds is 7. The van der Waals surface area contributed by atoms with E-state index in [1.165, 1.54) is 0 Å². The fourth-order valence-corrected chi connectivity index (χ4v) is 3.81. The molecule has 9 heteroatoms. The van der Waals surface area contributed by atoms with Crippen LogP contribution in [0.2, 0.25) is 0 Å². The minimum absolute atomic E-state index is 0. The first-order valence-corrected chi connectivity index (χ1v) is 10.7. The second-order valence-corrected chi connectivity index (χ2v) is 7.65. The maximum atomic E-state index is 12.6. The molecule has 1 unspecified atom stereocenters. The summed E-state index contributed by atoms with van der Waals surface area (Å²) in [5.41, 5.74) is 0. The Labute approximate surface area is 197 Å². The molecule has 2 aliphatic heterocycles. The van der Waals surface area contributed by atoms with E-state index in [0.717, 1.165) is 70.7 Å². The highest BCUT2D eigenvalue weighted by Gasteiger charge is 2.22. The SMILES string of the molecule is CCNC(=NCCC(=O)N1CCN(c2ccccn2)CC1)N(C)CC1CCOC1.I. The van der Waals surface area contributed by atoms with Crippen molar-refractivity contribution < 1.29 is 9.53 Å². The quantitative estimate of drug-likeness (QED) is 0.329. The number of carbonyl (C=O) groups excluding carboxylic acids is 1. The minimum Gasteiger partial charge on any atom is -0.381 e. The van der Waals surface area contributed by atoms with Crippen molar-refractivity contribution in [1.29, 1.82) is 0 Å². The lowest BCUT2D eigenvalue weighted by Crippen LogP contribution is -2.49. The van der Waals surface area contributed by atoms with Crippen LogP contribution in [0.15, 0.2) is 29.4 Å². The Morgan fingerprint density at radius 2 is 2.13 bits per heavy atom. The van der Waals surface area contributed by atoms with Gasteiger partial charge < -0.3 is 24.8 Å². The van der Waals surface area contributed by atoms with Gasteiger partial charge in [-0.1, -0.05) is 6.07 Å². The number of pyridine rings is 1. The van der Waals surface area contributed by atoms with E-state index >= 15 is 0 Å². The second-order valence-electron chi connectivity index (χ2n) is 7.65. The first-order chi connectivity index (χ1) is 14.2. The van der Waals surface area contributed by atoms with Crippen molar-refractivity contribution in [3.05, 3.63) is 24.4 Å². The number of nitrogens with one attached hydrogen (secondary N) is 1. The van der Waals surface area contributed by atoms with Gasteiger partial charge in [-0.3, -0.25) is 9.79 Å². The molecule has 1 amide bonds. The fourth-order valence-electron chi connectivity index (χ4n) is 3.81. The average molecular weight is 530 g/mol. The molecule has 8 nitrogen and oxygen atoms in total. The monoisotopic (exact) mass is 530 g/mol. The van der Waals surface area contributed by atoms with Crippen molar-refractivity contribution in [2.75, 3.05) is 71.0 Å². The van der Waals surface area contributed by atoms with Crippen molar-refractivity contribution in [1.82, 2.24) is 20.1 Å². The number of nitrogens with zero attached hydrogens (tertiary/aromatic N) is 5. The lowest BCUT2D eigenvalue weighted by Gasteiger charge is -2.35. The van der Waals surface area contributed by atoms with Gasteiger partial charge in [-0.05, 0) is 25.5 Å². The lowest BCUT2D eigenvalue weighted by molar-refractivity contribution is -0.131. The highest BCUT2D eigenvalue weighted by atomic mass is 127. The van der Waals surface area contributed by atoms with Gasteiger partial charge in [-0.25, -0.2) is 4.98 Å². The number of aromatic nitrogens is 1. The van der Waals surface area contributed by atoms with Gasteiger partial charge in [0.2, 0.25) is 5.91 Å². The molecule has 0 spiro atoms. The molecule has 2 aliphatic rings. The molecule has 0 aliphatic carbocycles. The van der Waals surface area contributed by atoms with Gasteiger partial charge in [0.15, 0.2) is 5.96 Å². The molecule has 1 aromatic rings. The summed E-state index contributed by atoms with van der Waals surface area (Å²) in [6.45, 7) is 9.11. The molecule has 0 saturated carbocycles. The van der Waals surface area contributed by atoms with E-state index < -0.39 is 0 Å². The highest BCUT2D eigenvalue weighted by molar-refractivity contribution is 14.0. The zero-order valence-corrected chi connectivity index (χ0v) is 20.5. The van der Waals surface area contributed by atoms with Crippen LogP contribution in [0.3, 0.4) is 0 Å². The Morgan fingerprint density at radius 1 is 1.33 bits per heavy atom. The number of piperazine rings is 1. The van der Waals surface area contributed by atoms with Crippen molar-refractivity contribution in [3.63, 3.8) is 0 Å². The smallest absolute Gasteiger partial charge is 0.224 e. The maximum Gasteiger partial charge on any atom is 0.224 e. The summed E-state index contributed by atoms with van der Waals surface area (Å²) in [5.74, 6) is 2.58. The van der Waals surface area contributed by atoms with Crippen LogP contribution in [-0.4, -0.2) is 92.7 Å². The van der Waals surface area contributed by atoms with Crippen LogP contribution in [0.1, 0.15) is 19.8 Å². The Hall–Kier alpha value is -1.62. The summed E-state index contributed by atoms with van der Waals surface area (Å²) in [7, 11) is 2.05. The fraction of sp³-hybridized carbons (Fsp3) is 0.667. The van der Waals surface area contributed by atoms with Gasteiger partial charge >= 0.3 is 0 Å². The van der Waals surface area contributed by atoms with E-state index in [1.54, 1.807) is 0 Å². The summed E-state index contributed by atoms with van der Waals surface area (Å²) in [4.78, 5) is 28.0. The van der Waals surface area contributed by atoms with E-state index in [1.807, 2.05) is 29.3 Å². The third kappa shape index (κ3) is 7.26. The standard InChI is InChI=1S/C21H34N6O2.HI/c1-3-22-21(25(2)16-18-8-15-29-17-18)24-10-7-20(28)27-13-11-26(12-14-27)19-6-4-5-9-23-19;/h4-6,9,18H,3,7-8,10-17H2,1-2H3,(H,22,24);1H. The van der Waals surface area contributed by atoms with Gasteiger partial charge in [0.25, 0.3) is 0 Å². The zero-order chi connectivity index (χ0) is 20.5. The number of guanidine groups is 1. The molecule has 0 bridgehead atoms. The molecule has 2 saturated heterocycles. The number of halogens is 1. The van der Waals surface area contributed by atoms with Crippen LogP contribution in [0.4, 0.5) is 5.82 Å². The number of anilines is 1. The average Bonchev–Trinajstić information content (AvgIpc) is 3.27. The van der Waals surface area contributed by atoms with E-state index in [-0.39, 0.29) is 29.9 Å². The summed E-state index contributed by atoms with van der Waals surface area (Å²) >= 11 is 0. The molecular formula is C21H35IN6O2. The van der Waals surface area contributed by atoms with Crippen LogP contribution in [0, 0.1) is 5.92 Å². The molecule has 2 fully saturated rings. The number of amides is 1. The highest BCUT2D eigenvalue weighted by Crippen LogP contribution is 2.14. The van der Waals surface area contributed by atoms with Gasteiger partial charge in [-0.2, -0.15) is 0 Å². The predicted octanol–water partition coefficient (Wildman–Crippen LogP) is 1.67. The third-order valence-corrected chi connectivity index (χ3v) is 5.45. The van der Waals surface area contributed by atoms with Crippen LogP contribution >= 0.6 is 24.0 Å². The largest absolute Gasteiger partial charge is 0.381 e. The summed E-state index contributed by atoms with van der Waals surface area (Å²) in [5, 5.41) is 3.33. The van der Waals surface area contributed by atoms with Crippen LogP contribution in [0.25, 0.3) is 0 Å². The molecular weight excluding hydrogens is 495 g/mol. The molecule has 1 atom stereocenters. The maximum absolute atomic E-state index is 12.6. The molecule has 0 aromatic carbocycles. The molecule has 168 valence electrons. The number of carbonyl (C=O) groups is 1. The molecule has 1 N–H and O–H groups in total. The molecule has 3 heterocycles. The topological polar surface area (TPSA) is 73.3 Å². The van der Waals surface area contributed by atoms with Crippen molar-refractivity contribution >= 4 is 41.7 Å². The number of hydrogen-bond donors (Lipinski definition) is 1. The minimum atomic E-state index is 0. The van der Waals surface area contributed by atoms with Crippen LogP contribution < -0.4 is 10.2 Å².